The number of nitrogens with two attached hydrogens (primary N) is 1. The van der Waals surface area contributed by atoms with Gasteiger partial charge in [-0.25, -0.2) is 0 Å². The molecule has 9 heavy (non-hydrogen) atoms. The predicted octanol–water partition coefficient (Wildman–Crippen LogP) is -0.807. The zero-order valence-corrected chi connectivity index (χ0v) is 5.79. The van der Waals surface area contributed by atoms with E-state index in [-0.39, 0.29) is 6.04 Å². The van der Waals surface area contributed by atoms with Crippen molar-refractivity contribution in [2.75, 3.05) is 7.11 Å². The Kier molecular flexibility index (Phi) is 4.61. The number of hydrogen-bond donors (Lipinski definition) is 3. The SMILES string of the molecule is CONC(C)CC(N)O. The number of aliphatic hydroxyl groups excluding tert-OH is 1. The van der Waals surface area contributed by atoms with Gasteiger partial charge >= 0.3 is 0 Å². The molecule has 0 heterocycles. The zero-order chi connectivity index (χ0) is 7.28. The van der Waals surface area contributed by atoms with Crippen molar-refractivity contribution in [2.45, 2.75) is 25.6 Å². The standard InChI is InChI=1S/C5H14N2O2/c1-4(7-9-2)3-5(6)8/h4-5,7-8H,3,6H2,1-2H3. The van der Waals surface area contributed by atoms with Crippen molar-refractivity contribution in [1.29, 1.82) is 0 Å². The van der Waals surface area contributed by atoms with Crippen LogP contribution in [0.15, 0.2) is 0 Å². The molecule has 4 heteroatoms. The number of hydroxylamine groups is 1. The first-order chi connectivity index (χ1) is 4.16. The van der Waals surface area contributed by atoms with E-state index in [1.807, 2.05) is 6.92 Å². The minimum absolute atomic E-state index is 0.0926. The monoisotopic (exact) mass is 134 g/mol. The summed E-state index contributed by atoms with van der Waals surface area (Å²) in [5.74, 6) is 0. The van der Waals surface area contributed by atoms with Crippen LogP contribution in [-0.2, 0) is 4.84 Å². The number of rotatable bonds is 4. The maximum Gasteiger partial charge on any atom is 0.103 e. The van der Waals surface area contributed by atoms with E-state index in [4.69, 9.17) is 10.8 Å². The van der Waals surface area contributed by atoms with E-state index in [1.54, 1.807) is 0 Å². The largest absolute Gasteiger partial charge is 0.379 e. The molecule has 0 rings (SSSR count). The van der Waals surface area contributed by atoms with Crippen molar-refractivity contribution in [2.24, 2.45) is 5.73 Å². The first-order valence-electron chi connectivity index (χ1n) is 2.89. The van der Waals surface area contributed by atoms with Crippen LogP contribution in [-0.4, -0.2) is 24.5 Å². The van der Waals surface area contributed by atoms with Gasteiger partial charge in [0.25, 0.3) is 0 Å². The first-order valence-corrected chi connectivity index (χ1v) is 2.89. The number of aliphatic hydroxyl groups is 1. The van der Waals surface area contributed by atoms with Gasteiger partial charge in [-0.3, -0.25) is 0 Å². The average Bonchev–Trinajstić information content (AvgIpc) is 1.63. The van der Waals surface area contributed by atoms with Crippen molar-refractivity contribution in [3.05, 3.63) is 0 Å². The highest BCUT2D eigenvalue weighted by molar-refractivity contribution is 4.56. The van der Waals surface area contributed by atoms with Crippen LogP contribution in [0.5, 0.6) is 0 Å². The van der Waals surface area contributed by atoms with E-state index in [2.05, 4.69) is 10.3 Å². The summed E-state index contributed by atoms with van der Waals surface area (Å²) in [6, 6.07) is 0.0926. The highest BCUT2D eigenvalue weighted by Crippen LogP contribution is 1.90. The Bertz CT molecular complexity index is 68.0. The third-order valence-electron chi connectivity index (χ3n) is 0.914. The Morgan fingerprint density at radius 3 is 2.67 bits per heavy atom. The van der Waals surface area contributed by atoms with Crippen LogP contribution in [0.2, 0.25) is 0 Å². The molecule has 0 radical (unpaired) electrons. The van der Waals surface area contributed by atoms with Gasteiger partial charge in [0.05, 0.1) is 7.11 Å². The van der Waals surface area contributed by atoms with Gasteiger partial charge in [0, 0.05) is 12.5 Å². The summed E-state index contributed by atoms with van der Waals surface area (Å²) in [6.45, 7) is 1.87. The summed E-state index contributed by atoms with van der Waals surface area (Å²) in [7, 11) is 1.53. The summed E-state index contributed by atoms with van der Waals surface area (Å²) in [6.07, 6.45) is -0.268. The highest BCUT2D eigenvalue weighted by atomic mass is 16.6. The quantitative estimate of drug-likeness (QED) is 0.347. The van der Waals surface area contributed by atoms with Crippen molar-refractivity contribution in [3.8, 4) is 0 Å². The van der Waals surface area contributed by atoms with Crippen molar-refractivity contribution in [3.63, 3.8) is 0 Å². The van der Waals surface area contributed by atoms with E-state index < -0.39 is 6.23 Å². The van der Waals surface area contributed by atoms with Crippen molar-refractivity contribution >= 4 is 0 Å². The molecule has 0 aliphatic heterocycles. The fraction of sp³-hybridized carbons (Fsp3) is 1.00. The fourth-order valence-corrected chi connectivity index (χ4v) is 0.612. The Hall–Kier alpha value is -0.160. The lowest BCUT2D eigenvalue weighted by atomic mass is 10.2. The van der Waals surface area contributed by atoms with Crippen molar-refractivity contribution in [1.82, 2.24) is 5.48 Å². The van der Waals surface area contributed by atoms with Gasteiger partial charge in [-0.05, 0) is 6.92 Å². The Morgan fingerprint density at radius 1 is 1.78 bits per heavy atom. The molecule has 4 nitrogen and oxygen atoms in total. The van der Waals surface area contributed by atoms with Gasteiger partial charge in [-0.1, -0.05) is 0 Å². The molecule has 0 fully saturated rings. The van der Waals surface area contributed by atoms with E-state index in [0.29, 0.717) is 6.42 Å². The van der Waals surface area contributed by atoms with Gasteiger partial charge in [0.15, 0.2) is 0 Å². The molecule has 2 unspecified atom stereocenters. The Morgan fingerprint density at radius 2 is 2.33 bits per heavy atom. The van der Waals surface area contributed by atoms with Gasteiger partial charge in [-0.2, -0.15) is 5.48 Å². The molecule has 4 N–H and O–H groups in total. The van der Waals surface area contributed by atoms with E-state index in [1.165, 1.54) is 7.11 Å². The van der Waals surface area contributed by atoms with Gasteiger partial charge < -0.3 is 15.7 Å². The smallest absolute Gasteiger partial charge is 0.103 e. The maximum absolute atomic E-state index is 8.63. The molecule has 56 valence electrons. The molecular formula is C5H14N2O2. The lowest BCUT2D eigenvalue weighted by molar-refractivity contribution is 0.0456. The third-order valence-corrected chi connectivity index (χ3v) is 0.914. The van der Waals surface area contributed by atoms with E-state index >= 15 is 0 Å². The lowest BCUT2D eigenvalue weighted by Crippen LogP contribution is -2.32. The van der Waals surface area contributed by atoms with Crippen LogP contribution in [0.3, 0.4) is 0 Å². The Labute approximate surface area is 55.0 Å². The molecule has 0 saturated heterocycles. The molecule has 0 saturated carbocycles. The lowest BCUT2D eigenvalue weighted by Gasteiger charge is -2.12. The molecule has 0 aromatic heterocycles. The average molecular weight is 134 g/mol. The number of hydrogen-bond acceptors (Lipinski definition) is 4. The normalized spacial score (nSPS) is 17.3. The molecule has 0 aliphatic rings. The zero-order valence-electron chi connectivity index (χ0n) is 5.79. The van der Waals surface area contributed by atoms with Gasteiger partial charge in [-0.15, -0.1) is 0 Å². The molecule has 0 aliphatic carbocycles. The molecule has 0 aromatic carbocycles. The van der Waals surface area contributed by atoms with Crippen LogP contribution in [0, 0.1) is 0 Å². The maximum atomic E-state index is 8.63. The molecule has 2 atom stereocenters. The molecule has 0 bridgehead atoms. The predicted molar refractivity (Wildman–Crippen MR) is 34.4 cm³/mol. The molecule has 0 spiro atoms. The summed E-state index contributed by atoms with van der Waals surface area (Å²) in [4.78, 5) is 4.59. The topological polar surface area (TPSA) is 67.5 Å². The van der Waals surface area contributed by atoms with Gasteiger partial charge in [0.2, 0.25) is 0 Å². The summed E-state index contributed by atoms with van der Waals surface area (Å²) in [5.41, 5.74) is 7.72. The van der Waals surface area contributed by atoms with Crippen molar-refractivity contribution < 1.29 is 9.94 Å². The van der Waals surface area contributed by atoms with Crippen LogP contribution in [0.1, 0.15) is 13.3 Å². The second-order valence-corrected chi connectivity index (χ2v) is 2.03. The minimum atomic E-state index is -0.761. The number of nitrogens with one attached hydrogen (secondary N) is 1. The fourth-order valence-electron chi connectivity index (χ4n) is 0.612. The summed E-state index contributed by atoms with van der Waals surface area (Å²) < 4.78 is 0. The second kappa shape index (κ2) is 4.69. The summed E-state index contributed by atoms with van der Waals surface area (Å²) in [5, 5.41) is 8.63. The van der Waals surface area contributed by atoms with Crippen LogP contribution in [0.25, 0.3) is 0 Å². The second-order valence-electron chi connectivity index (χ2n) is 2.03. The third kappa shape index (κ3) is 5.72. The van der Waals surface area contributed by atoms with Crippen LogP contribution in [0.4, 0.5) is 0 Å². The molecule has 0 amide bonds. The highest BCUT2D eigenvalue weighted by Gasteiger charge is 2.03. The van der Waals surface area contributed by atoms with Gasteiger partial charge in [0.1, 0.15) is 6.23 Å². The minimum Gasteiger partial charge on any atom is -0.379 e. The molecular weight excluding hydrogens is 120 g/mol. The van der Waals surface area contributed by atoms with E-state index in [0.717, 1.165) is 0 Å². The first kappa shape index (κ1) is 8.84. The summed E-state index contributed by atoms with van der Waals surface area (Å²) >= 11 is 0. The Balaban J connectivity index is 3.15. The van der Waals surface area contributed by atoms with E-state index in [9.17, 15) is 0 Å². The van der Waals surface area contributed by atoms with Crippen LogP contribution >= 0.6 is 0 Å². The van der Waals surface area contributed by atoms with Crippen LogP contribution < -0.4 is 11.2 Å². The molecule has 0 aromatic rings.